The summed E-state index contributed by atoms with van der Waals surface area (Å²) in [6.45, 7) is 0.513. The Labute approximate surface area is 174 Å². The highest BCUT2D eigenvalue weighted by Gasteiger charge is 2.11. The summed E-state index contributed by atoms with van der Waals surface area (Å²) >= 11 is 1.41. The maximum atomic E-state index is 12.5. The van der Waals surface area contributed by atoms with Crippen molar-refractivity contribution in [1.29, 1.82) is 0 Å². The van der Waals surface area contributed by atoms with Gasteiger partial charge in [0.15, 0.2) is 0 Å². The number of hydrogen-bond acceptors (Lipinski definition) is 5. The van der Waals surface area contributed by atoms with E-state index >= 15 is 0 Å². The number of fused-ring (bicyclic) bond motifs is 1. The van der Waals surface area contributed by atoms with Gasteiger partial charge in [0, 0.05) is 37.8 Å². The number of anilines is 3. The van der Waals surface area contributed by atoms with Crippen LogP contribution in [0.25, 0.3) is 10.9 Å². The topological polar surface area (TPSA) is 57.3 Å². The Morgan fingerprint density at radius 1 is 1.00 bits per heavy atom. The highest BCUT2D eigenvalue weighted by Crippen LogP contribution is 2.30. The SMILES string of the molecule is CN(C)c1cc(Nc2ccc(C(=O)NCc3ccccc3)s2)nc2ccccc12. The molecule has 0 saturated heterocycles. The van der Waals surface area contributed by atoms with Crippen LogP contribution in [0.3, 0.4) is 0 Å². The van der Waals surface area contributed by atoms with Gasteiger partial charge >= 0.3 is 0 Å². The van der Waals surface area contributed by atoms with Gasteiger partial charge in [-0.1, -0.05) is 48.5 Å². The summed E-state index contributed by atoms with van der Waals surface area (Å²) in [7, 11) is 4.04. The van der Waals surface area contributed by atoms with Crippen molar-refractivity contribution in [3.63, 3.8) is 0 Å². The molecular formula is C23H22N4OS. The van der Waals surface area contributed by atoms with E-state index in [2.05, 4.69) is 21.6 Å². The van der Waals surface area contributed by atoms with Crippen LogP contribution in [0.1, 0.15) is 15.2 Å². The third-order valence-corrected chi connectivity index (χ3v) is 5.55. The van der Waals surface area contributed by atoms with Gasteiger partial charge < -0.3 is 15.5 Å². The Balaban J connectivity index is 1.49. The molecular weight excluding hydrogens is 380 g/mol. The first kappa shape index (κ1) is 19.0. The van der Waals surface area contributed by atoms with E-state index in [1.54, 1.807) is 0 Å². The van der Waals surface area contributed by atoms with Crippen molar-refractivity contribution >= 4 is 44.7 Å². The van der Waals surface area contributed by atoms with Crippen molar-refractivity contribution in [1.82, 2.24) is 10.3 Å². The number of para-hydroxylation sites is 1. The van der Waals surface area contributed by atoms with Crippen LogP contribution in [-0.4, -0.2) is 25.0 Å². The predicted molar refractivity (Wildman–Crippen MR) is 121 cm³/mol. The second-order valence-electron chi connectivity index (χ2n) is 6.90. The molecule has 2 heterocycles. The molecule has 0 bridgehead atoms. The summed E-state index contributed by atoms with van der Waals surface area (Å²) in [5.74, 6) is 0.679. The average Bonchev–Trinajstić information content (AvgIpc) is 3.20. The van der Waals surface area contributed by atoms with E-state index < -0.39 is 0 Å². The summed E-state index contributed by atoms with van der Waals surface area (Å²) in [6.07, 6.45) is 0. The average molecular weight is 403 g/mol. The van der Waals surface area contributed by atoms with E-state index in [4.69, 9.17) is 4.98 Å². The first-order chi connectivity index (χ1) is 14.1. The molecule has 146 valence electrons. The first-order valence-electron chi connectivity index (χ1n) is 9.36. The van der Waals surface area contributed by atoms with E-state index in [9.17, 15) is 4.79 Å². The summed E-state index contributed by atoms with van der Waals surface area (Å²) in [4.78, 5) is 19.9. The number of carbonyl (C=O) groups excluding carboxylic acids is 1. The molecule has 0 spiro atoms. The van der Waals surface area contributed by atoms with Crippen molar-refractivity contribution < 1.29 is 4.79 Å². The molecule has 0 atom stereocenters. The number of nitrogens with zero attached hydrogens (tertiary/aromatic N) is 2. The second kappa shape index (κ2) is 8.32. The number of aromatic nitrogens is 1. The highest BCUT2D eigenvalue weighted by atomic mass is 32.1. The molecule has 0 aliphatic rings. The van der Waals surface area contributed by atoms with Crippen LogP contribution in [0.15, 0.2) is 72.8 Å². The van der Waals surface area contributed by atoms with Crippen molar-refractivity contribution in [3.8, 4) is 0 Å². The Morgan fingerprint density at radius 3 is 2.55 bits per heavy atom. The van der Waals surface area contributed by atoms with Gasteiger partial charge in [-0.25, -0.2) is 4.98 Å². The molecule has 2 aromatic heterocycles. The van der Waals surface area contributed by atoms with Gasteiger partial charge in [-0.2, -0.15) is 0 Å². The Morgan fingerprint density at radius 2 is 1.76 bits per heavy atom. The van der Waals surface area contributed by atoms with Crippen molar-refractivity contribution in [2.24, 2.45) is 0 Å². The van der Waals surface area contributed by atoms with Gasteiger partial charge in [-0.3, -0.25) is 4.79 Å². The number of carbonyl (C=O) groups is 1. The fourth-order valence-corrected chi connectivity index (χ4v) is 3.94. The molecule has 0 unspecified atom stereocenters. The molecule has 4 rings (SSSR count). The number of benzene rings is 2. The lowest BCUT2D eigenvalue weighted by Crippen LogP contribution is -2.21. The molecule has 2 aromatic carbocycles. The molecule has 0 fully saturated rings. The zero-order valence-corrected chi connectivity index (χ0v) is 17.2. The molecule has 2 N–H and O–H groups in total. The molecule has 0 aliphatic heterocycles. The first-order valence-corrected chi connectivity index (χ1v) is 10.2. The standard InChI is InChI=1S/C23H22N4OS/c1-27(2)19-14-21(25-18-11-7-6-10-17(18)19)26-22-13-12-20(29-22)23(28)24-15-16-8-4-3-5-9-16/h3-14H,15H2,1-2H3,(H,24,28)(H,25,26). The Bertz CT molecular complexity index is 1140. The van der Waals surface area contributed by atoms with E-state index in [1.807, 2.05) is 80.8 Å². The highest BCUT2D eigenvalue weighted by molar-refractivity contribution is 7.18. The summed E-state index contributed by atoms with van der Waals surface area (Å²) in [5.41, 5.74) is 3.10. The molecule has 0 radical (unpaired) electrons. The molecule has 6 heteroatoms. The monoisotopic (exact) mass is 402 g/mol. The van der Waals surface area contributed by atoms with Gasteiger partial charge in [0.2, 0.25) is 0 Å². The lowest BCUT2D eigenvalue weighted by Gasteiger charge is -2.17. The van der Waals surface area contributed by atoms with Crippen molar-refractivity contribution in [2.75, 3.05) is 24.3 Å². The van der Waals surface area contributed by atoms with Crippen LogP contribution in [0, 0.1) is 0 Å². The summed E-state index contributed by atoms with van der Waals surface area (Å²) in [6, 6.07) is 23.7. The molecule has 5 nitrogen and oxygen atoms in total. The minimum atomic E-state index is -0.0765. The number of pyridine rings is 1. The third kappa shape index (κ3) is 4.38. The molecule has 0 saturated carbocycles. The maximum absolute atomic E-state index is 12.5. The number of hydrogen-bond donors (Lipinski definition) is 2. The third-order valence-electron chi connectivity index (χ3n) is 4.55. The van der Waals surface area contributed by atoms with Crippen molar-refractivity contribution in [3.05, 3.63) is 83.2 Å². The van der Waals surface area contributed by atoms with Crippen LogP contribution in [0.4, 0.5) is 16.5 Å². The van der Waals surface area contributed by atoms with Crippen LogP contribution in [0.5, 0.6) is 0 Å². The lowest BCUT2D eigenvalue weighted by atomic mass is 10.1. The second-order valence-corrected chi connectivity index (χ2v) is 7.98. The Hall–Kier alpha value is -3.38. The van der Waals surface area contributed by atoms with E-state index in [0.717, 1.165) is 33.0 Å². The van der Waals surface area contributed by atoms with Crippen LogP contribution >= 0.6 is 11.3 Å². The number of thiophene rings is 1. The maximum Gasteiger partial charge on any atom is 0.261 e. The Kier molecular flexibility index (Phi) is 5.44. The normalized spacial score (nSPS) is 10.7. The van der Waals surface area contributed by atoms with Gasteiger partial charge in [-0.15, -0.1) is 11.3 Å². The molecule has 29 heavy (non-hydrogen) atoms. The largest absolute Gasteiger partial charge is 0.377 e. The van der Waals surface area contributed by atoms with Crippen molar-refractivity contribution in [2.45, 2.75) is 6.54 Å². The number of rotatable bonds is 6. The quantitative estimate of drug-likeness (QED) is 0.475. The van der Waals surface area contributed by atoms with Crippen LogP contribution in [0.2, 0.25) is 0 Å². The van der Waals surface area contributed by atoms with Crippen LogP contribution in [-0.2, 0) is 6.54 Å². The van der Waals surface area contributed by atoms with E-state index in [0.29, 0.717) is 11.4 Å². The fraction of sp³-hybridized carbons (Fsp3) is 0.130. The van der Waals surface area contributed by atoms with E-state index in [1.165, 1.54) is 11.3 Å². The predicted octanol–water partition coefficient (Wildman–Crippen LogP) is 5.04. The number of nitrogens with one attached hydrogen (secondary N) is 2. The zero-order valence-electron chi connectivity index (χ0n) is 16.3. The minimum absolute atomic E-state index is 0.0765. The molecule has 4 aromatic rings. The van der Waals surface area contributed by atoms with Gasteiger partial charge in [-0.05, 0) is 23.8 Å². The zero-order chi connectivity index (χ0) is 20.2. The van der Waals surface area contributed by atoms with Gasteiger partial charge in [0.05, 0.1) is 15.4 Å². The van der Waals surface area contributed by atoms with Gasteiger partial charge in [0.1, 0.15) is 5.82 Å². The van der Waals surface area contributed by atoms with E-state index in [-0.39, 0.29) is 5.91 Å². The minimum Gasteiger partial charge on any atom is -0.377 e. The molecule has 0 aliphatic carbocycles. The fourth-order valence-electron chi connectivity index (χ4n) is 3.11. The summed E-state index contributed by atoms with van der Waals surface area (Å²) < 4.78 is 0. The number of amides is 1. The van der Waals surface area contributed by atoms with Crippen LogP contribution < -0.4 is 15.5 Å². The lowest BCUT2D eigenvalue weighted by molar-refractivity contribution is 0.0955. The summed E-state index contributed by atoms with van der Waals surface area (Å²) in [5, 5.41) is 8.29. The molecule has 1 amide bonds. The smallest absolute Gasteiger partial charge is 0.261 e. The van der Waals surface area contributed by atoms with Gasteiger partial charge in [0.25, 0.3) is 5.91 Å².